The summed E-state index contributed by atoms with van der Waals surface area (Å²) in [5.41, 5.74) is 1.79. The first-order valence-corrected chi connectivity index (χ1v) is 8.99. The van der Waals surface area contributed by atoms with Crippen LogP contribution in [-0.2, 0) is 18.6 Å². The summed E-state index contributed by atoms with van der Waals surface area (Å²) in [6.07, 6.45) is 0. The summed E-state index contributed by atoms with van der Waals surface area (Å²) in [6, 6.07) is 0. The second kappa shape index (κ2) is 5.38. The Balaban J connectivity index is 1.93. The van der Waals surface area contributed by atoms with Crippen LogP contribution >= 0.6 is 0 Å². The van der Waals surface area contributed by atoms with Crippen LogP contribution in [-0.4, -0.2) is 36.6 Å². The normalized spacial score (nSPS) is 26.5. The zero-order chi connectivity index (χ0) is 19.0. The fourth-order valence-electron chi connectivity index (χ4n) is 2.99. The molecule has 0 spiro atoms. The maximum atomic E-state index is 6.19. The maximum absolute atomic E-state index is 6.19. The standard InChI is InChI=1S/C18H30B2O5/c1-11-12(2)14(20-24-17(7,8)18(9,10)25-20)21-13(11)19-22-15(3,4)16(5,6)23-19/h1-10H3. The van der Waals surface area contributed by atoms with Gasteiger partial charge < -0.3 is 23.0 Å². The van der Waals surface area contributed by atoms with Crippen LogP contribution in [0.2, 0.25) is 0 Å². The minimum atomic E-state index is -0.528. The van der Waals surface area contributed by atoms with Gasteiger partial charge in [-0.05, 0) is 80.4 Å². The van der Waals surface area contributed by atoms with Gasteiger partial charge in [0.05, 0.1) is 22.4 Å². The van der Waals surface area contributed by atoms with Crippen molar-refractivity contribution in [3.63, 3.8) is 0 Å². The number of rotatable bonds is 2. The smallest absolute Gasteiger partial charge is 0.473 e. The fraction of sp³-hybridized carbons (Fsp3) is 0.778. The monoisotopic (exact) mass is 348 g/mol. The Morgan fingerprint density at radius 3 is 1.00 bits per heavy atom. The van der Waals surface area contributed by atoms with E-state index in [0.717, 1.165) is 11.1 Å². The summed E-state index contributed by atoms with van der Waals surface area (Å²) in [4.78, 5) is 0. The van der Waals surface area contributed by atoms with E-state index in [-0.39, 0.29) is 0 Å². The lowest BCUT2D eigenvalue weighted by molar-refractivity contribution is 0.00578. The summed E-state index contributed by atoms with van der Waals surface area (Å²) in [5, 5.41) is 0. The Labute approximate surface area is 152 Å². The van der Waals surface area contributed by atoms with Crippen molar-refractivity contribution in [2.45, 2.75) is 91.6 Å². The molecular formula is C18H30B2O5. The molecule has 0 amide bonds. The quantitative estimate of drug-likeness (QED) is 0.769. The molecule has 25 heavy (non-hydrogen) atoms. The summed E-state index contributed by atoms with van der Waals surface area (Å²) < 4.78 is 30.8. The molecule has 7 heteroatoms. The van der Waals surface area contributed by atoms with Gasteiger partial charge in [-0.2, -0.15) is 0 Å². The Morgan fingerprint density at radius 2 is 0.760 bits per heavy atom. The molecule has 0 aromatic carbocycles. The molecular weight excluding hydrogens is 318 g/mol. The van der Waals surface area contributed by atoms with E-state index >= 15 is 0 Å². The molecule has 5 nitrogen and oxygen atoms in total. The molecule has 0 atom stereocenters. The molecule has 1 aromatic rings. The van der Waals surface area contributed by atoms with Gasteiger partial charge in [0.1, 0.15) is 11.3 Å². The molecule has 3 rings (SSSR count). The molecule has 0 saturated carbocycles. The van der Waals surface area contributed by atoms with E-state index in [1.165, 1.54) is 0 Å². The van der Waals surface area contributed by atoms with Gasteiger partial charge in [0.2, 0.25) is 0 Å². The van der Waals surface area contributed by atoms with Crippen LogP contribution in [0.25, 0.3) is 0 Å². The Bertz CT molecular complexity index is 601. The zero-order valence-corrected chi connectivity index (χ0v) is 17.2. The van der Waals surface area contributed by atoms with Gasteiger partial charge in [0.15, 0.2) is 0 Å². The van der Waals surface area contributed by atoms with Crippen LogP contribution in [0.5, 0.6) is 0 Å². The van der Waals surface area contributed by atoms with E-state index in [4.69, 9.17) is 23.0 Å². The van der Waals surface area contributed by atoms with Crippen molar-refractivity contribution < 1.29 is 23.0 Å². The molecule has 2 saturated heterocycles. The first-order valence-electron chi connectivity index (χ1n) is 8.99. The topological polar surface area (TPSA) is 50.1 Å². The van der Waals surface area contributed by atoms with Gasteiger partial charge in [-0.3, -0.25) is 0 Å². The van der Waals surface area contributed by atoms with Crippen molar-refractivity contribution in [2.24, 2.45) is 0 Å². The number of furan rings is 1. The Kier molecular flexibility index (Phi) is 4.09. The van der Waals surface area contributed by atoms with Crippen molar-refractivity contribution in [3.8, 4) is 0 Å². The second-order valence-electron chi connectivity index (χ2n) is 9.26. The van der Waals surface area contributed by atoms with E-state index in [0.29, 0.717) is 11.3 Å². The minimum absolute atomic E-state index is 0.407. The highest BCUT2D eigenvalue weighted by molar-refractivity contribution is 6.64. The van der Waals surface area contributed by atoms with Crippen molar-refractivity contribution in [1.29, 1.82) is 0 Å². The molecule has 138 valence electrons. The minimum Gasteiger partial charge on any atom is -0.473 e. The third-order valence-electron chi connectivity index (χ3n) is 6.46. The van der Waals surface area contributed by atoms with Gasteiger partial charge in [-0.1, -0.05) is 0 Å². The first kappa shape index (κ1) is 19.0. The van der Waals surface area contributed by atoms with Crippen LogP contribution in [0.3, 0.4) is 0 Å². The van der Waals surface area contributed by atoms with Crippen LogP contribution in [0, 0.1) is 13.8 Å². The molecule has 1 aromatic heterocycles. The van der Waals surface area contributed by atoms with Crippen molar-refractivity contribution in [2.75, 3.05) is 0 Å². The number of hydrogen-bond donors (Lipinski definition) is 0. The van der Waals surface area contributed by atoms with Crippen LogP contribution in [0.4, 0.5) is 0 Å². The third kappa shape index (κ3) is 2.80. The Morgan fingerprint density at radius 1 is 0.520 bits per heavy atom. The number of hydrogen-bond acceptors (Lipinski definition) is 5. The second-order valence-corrected chi connectivity index (χ2v) is 9.26. The molecule has 3 heterocycles. The van der Waals surface area contributed by atoms with Gasteiger partial charge in [0, 0.05) is 0 Å². The third-order valence-corrected chi connectivity index (χ3v) is 6.46. The Hall–Kier alpha value is -0.750. The summed E-state index contributed by atoms with van der Waals surface area (Å²) >= 11 is 0. The molecule has 0 aliphatic carbocycles. The van der Waals surface area contributed by atoms with E-state index in [1.54, 1.807) is 0 Å². The lowest BCUT2D eigenvalue weighted by atomic mass is 9.80. The van der Waals surface area contributed by atoms with Crippen molar-refractivity contribution >= 4 is 25.6 Å². The lowest BCUT2D eigenvalue weighted by Gasteiger charge is -2.32. The van der Waals surface area contributed by atoms with Crippen LogP contribution < -0.4 is 11.3 Å². The predicted octanol–water partition coefficient (Wildman–Crippen LogP) is 2.49. The molecule has 0 N–H and O–H groups in total. The van der Waals surface area contributed by atoms with Gasteiger partial charge >= 0.3 is 14.2 Å². The van der Waals surface area contributed by atoms with Crippen molar-refractivity contribution in [3.05, 3.63) is 11.1 Å². The first-order chi connectivity index (χ1) is 11.2. The maximum Gasteiger partial charge on any atom is 0.533 e. The van der Waals surface area contributed by atoms with Gasteiger partial charge in [-0.25, -0.2) is 0 Å². The summed E-state index contributed by atoms with van der Waals surface area (Å²) in [6.45, 7) is 20.3. The van der Waals surface area contributed by atoms with E-state index in [9.17, 15) is 0 Å². The van der Waals surface area contributed by atoms with Gasteiger partial charge in [-0.15, -0.1) is 0 Å². The SMILES string of the molecule is Cc1c(B2OC(C)(C)C(C)(C)O2)oc(B2OC(C)(C)C(C)(C)O2)c1C. The summed E-state index contributed by atoms with van der Waals surface area (Å²) in [7, 11) is -1.06. The molecule has 2 aliphatic rings. The molecule has 2 fully saturated rings. The van der Waals surface area contributed by atoms with E-state index in [2.05, 4.69) is 0 Å². The van der Waals surface area contributed by atoms with Gasteiger partial charge in [0.25, 0.3) is 0 Å². The summed E-state index contributed by atoms with van der Waals surface area (Å²) in [5.74, 6) is 0. The highest BCUT2D eigenvalue weighted by Gasteiger charge is 2.56. The lowest BCUT2D eigenvalue weighted by Crippen LogP contribution is -2.41. The molecule has 0 unspecified atom stereocenters. The molecule has 2 aliphatic heterocycles. The average molecular weight is 348 g/mol. The van der Waals surface area contributed by atoms with Crippen LogP contribution in [0.1, 0.15) is 66.5 Å². The van der Waals surface area contributed by atoms with E-state index < -0.39 is 36.6 Å². The molecule has 0 bridgehead atoms. The highest BCUT2D eigenvalue weighted by atomic mass is 16.7. The largest absolute Gasteiger partial charge is 0.533 e. The van der Waals surface area contributed by atoms with Crippen LogP contribution in [0.15, 0.2) is 4.42 Å². The van der Waals surface area contributed by atoms with E-state index in [1.807, 2.05) is 69.2 Å². The average Bonchev–Trinajstić information content (AvgIpc) is 2.91. The zero-order valence-electron chi connectivity index (χ0n) is 17.2. The fourth-order valence-corrected chi connectivity index (χ4v) is 2.99. The highest BCUT2D eigenvalue weighted by Crippen LogP contribution is 2.38. The van der Waals surface area contributed by atoms with Crippen molar-refractivity contribution in [1.82, 2.24) is 0 Å². The molecule has 0 radical (unpaired) electrons. The predicted molar refractivity (Wildman–Crippen MR) is 99.6 cm³/mol.